The summed E-state index contributed by atoms with van der Waals surface area (Å²) < 4.78 is 1.27. The van der Waals surface area contributed by atoms with Crippen molar-refractivity contribution >= 4 is 51.4 Å². The van der Waals surface area contributed by atoms with Gasteiger partial charge in [0.05, 0.1) is 15.4 Å². The summed E-state index contributed by atoms with van der Waals surface area (Å²) in [4.78, 5) is 28.1. The molecule has 0 saturated carbocycles. The van der Waals surface area contributed by atoms with Crippen molar-refractivity contribution in [2.45, 2.75) is 25.8 Å². The first-order valence-electron chi connectivity index (χ1n) is 15.4. The Morgan fingerprint density at radius 3 is 2.36 bits per heavy atom. The molecule has 2 aliphatic rings. The number of halogens is 2. The highest BCUT2D eigenvalue weighted by atomic mass is 35.5. The number of para-hydroxylation sites is 1. The molecular weight excluding hydrogens is 607 g/mol. The lowest BCUT2D eigenvalue weighted by molar-refractivity contribution is 0.221. The number of likely N-dealkylation sites (tertiary alicyclic amines) is 1. The van der Waals surface area contributed by atoms with E-state index < -0.39 is 5.56 Å². The normalized spacial score (nSPS) is 15.8. The summed E-state index contributed by atoms with van der Waals surface area (Å²) in [5.41, 5.74) is 4.96. The molecule has 2 N–H and O–H groups in total. The fourth-order valence-electron chi connectivity index (χ4n) is 6.12. The zero-order valence-electron chi connectivity index (χ0n) is 24.8. The maximum atomic E-state index is 13.9. The minimum absolute atomic E-state index is 0.317. The van der Waals surface area contributed by atoms with Crippen molar-refractivity contribution in [2.24, 2.45) is 0 Å². The first-order valence-corrected chi connectivity index (χ1v) is 16.2. The van der Waals surface area contributed by atoms with Crippen molar-refractivity contribution < 1.29 is 0 Å². The summed E-state index contributed by atoms with van der Waals surface area (Å²) in [6.07, 6.45) is 5.28. The average molecular weight is 642 g/mol. The van der Waals surface area contributed by atoms with Gasteiger partial charge < -0.3 is 15.5 Å². The van der Waals surface area contributed by atoms with Crippen molar-refractivity contribution in [1.29, 1.82) is 0 Å². The second-order valence-corrected chi connectivity index (χ2v) is 12.4. The molecule has 230 valence electrons. The molecule has 0 spiro atoms. The summed E-state index contributed by atoms with van der Waals surface area (Å²) >= 11 is 13.1. The van der Waals surface area contributed by atoms with Crippen molar-refractivity contribution in [1.82, 2.24) is 30.0 Å². The maximum Gasteiger partial charge on any atom is 0.282 e. The summed E-state index contributed by atoms with van der Waals surface area (Å²) in [7, 11) is 0. The summed E-state index contributed by atoms with van der Waals surface area (Å²) in [5, 5.41) is 12.5. The molecule has 4 heterocycles. The summed E-state index contributed by atoms with van der Waals surface area (Å²) in [6, 6.07) is 21.6. The minimum Gasteiger partial charge on any atom is -0.369 e. The number of hydrogen-bond donors (Lipinski definition) is 2. The van der Waals surface area contributed by atoms with Gasteiger partial charge in [-0.3, -0.25) is 9.69 Å². The van der Waals surface area contributed by atoms with Crippen molar-refractivity contribution in [3.8, 4) is 16.9 Å². The van der Waals surface area contributed by atoms with Crippen molar-refractivity contribution in [3.63, 3.8) is 0 Å². The predicted molar refractivity (Wildman–Crippen MR) is 182 cm³/mol. The molecule has 11 heteroatoms. The van der Waals surface area contributed by atoms with Gasteiger partial charge in [-0.05, 0) is 74.0 Å². The molecule has 7 rings (SSSR count). The number of nitrogens with one attached hydrogen (secondary N) is 2. The lowest BCUT2D eigenvalue weighted by atomic mass is 10.0. The Kier molecular flexibility index (Phi) is 8.67. The largest absolute Gasteiger partial charge is 0.369 e. The Bertz CT molecular complexity index is 1860. The number of fused-ring (bicyclic) bond motifs is 1. The van der Waals surface area contributed by atoms with Gasteiger partial charge in [-0.1, -0.05) is 53.9 Å². The van der Waals surface area contributed by atoms with Crippen LogP contribution in [0.15, 0.2) is 77.7 Å². The molecule has 2 aliphatic heterocycles. The van der Waals surface area contributed by atoms with Gasteiger partial charge in [0.15, 0.2) is 0 Å². The second-order valence-electron chi connectivity index (χ2n) is 11.5. The third kappa shape index (κ3) is 6.39. The van der Waals surface area contributed by atoms with Gasteiger partial charge in [-0.25, -0.2) is 9.97 Å². The Balaban J connectivity index is 1.29. The monoisotopic (exact) mass is 640 g/mol. The first-order chi connectivity index (χ1) is 22.0. The molecule has 3 aromatic carbocycles. The molecule has 0 aliphatic carbocycles. The maximum absolute atomic E-state index is 13.9. The molecule has 0 bridgehead atoms. The standard InChI is InChI=1S/C34H34Cl2N8O/c35-28-8-5-9-29(36)32(28)44-33(45)27-21-38-34(39-25-10-12-26(13-11-25)43-18-14-37-15-19-43)40-31(27)30(41-44)24-7-4-6-23(20-24)22-42-16-2-1-3-17-42/h4-13,20-21,37H,1-3,14-19,22H2,(H,38,39,40). The lowest BCUT2D eigenvalue weighted by Crippen LogP contribution is -2.43. The van der Waals surface area contributed by atoms with Crippen molar-refractivity contribution in [3.05, 3.63) is 98.9 Å². The van der Waals surface area contributed by atoms with E-state index in [-0.39, 0.29) is 0 Å². The average Bonchev–Trinajstić information content (AvgIpc) is 3.07. The van der Waals surface area contributed by atoms with Crippen LogP contribution in [0.25, 0.3) is 27.8 Å². The molecule has 0 unspecified atom stereocenters. The Hall–Kier alpha value is -4.02. The fraction of sp³-hybridized carbons (Fsp3) is 0.294. The minimum atomic E-state index is -0.403. The Morgan fingerprint density at radius 1 is 0.867 bits per heavy atom. The number of hydrogen-bond acceptors (Lipinski definition) is 8. The zero-order chi connectivity index (χ0) is 30.8. The molecule has 2 fully saturated rings. The van der Waals surface area contributed by atoms with Gasteiger partial charge in [0.1, 0.15) is 16.9 Å². The number of benzene rings is 3. The van der Waals surface area contributed by atoms with E-state index in [2.05, 4.69) is 49.7 Å². The van der Waals surface area contributed by atoms with Gasteiger partial charge in [-0.15, -0.1) is 0 Å². The molecule has 5 aromatic rings. The van der Waals surface area contributed by atoms with Crippen LogP contribution >= 0.6 is 23.2 Å². The van der Waals surface area contributed by atoms with Crippen LogP contribution in [0.3, 0.4) is 0 Å². The van der Waals surface area contributed by atoms with Gasteiger partial charge in [-0.2, -0.15) is 9.78 Å². The van der Waals surface area contributed by atoms with Gasteiger partial charge >= 0.3 is 0 Å². The van der Waals surface area contributed by atoms with E-state index >= 15 is 0 Å². The second kappa shape index (κ2) is 13.1. The van der Waals surface area contributed by atoms with Crippen LogP contribution < -0.4 is 21.1 Å². The van der Waals surface area contributed by atoms with Crippen LogP contribution in [-0.4, -0.2) is 63.9 Å². The van der Waals surface area contributed by atoms with Crippen LogP contribution in [0.4, 0.5) is 17.3 Å². The van der Waals surface area contributed by atoms with E-state index in [1.54, 1.807) is 24.4 Å². The van der Waals surface area contributed by atoms with Gasteiger partial charge in [0.2, 0.25) is 5.95 Å². The van der Waals surface area contributed by atoms with E-state index in [4.69, 9.17) is 33.3 Å². The van der Waals surface area contributed by atoms with E-state index in [1.807, 2.05) is 24.3 Å². The van der Waals surface area contributed by atoms with Crippen molar-refractivity contribution in [2.75, 3.05) is 49.5 Å². The molecule has 9 nitrogen and oxygen atoms in total. The SMILES string of the molecule is O=c1c2cnc(Nc3ccc(N4CCNCC4)cc3)nc2c(-c2cccc(CN3CCCCC3)c2)nn1-c1c(Cl)cccc1Cl. The van der Waals surface area contributed by atoms with E-state index in [9.17, 15) is 4.79 Å². The Morgan fingerprint density at radius 2 is 1.60 bits per heavy atom. The number of aromatic nitrogens is 4. The van der Waals surface area contributed by atoms with E-state index in [0.29, 0.717) is 38.3 Å². The predicted octanol–water partition coefficient (Wildman–Crippen LogP) is 6.29. The van der Waals surface area contributed by atoms with Crippen LogP contribution in [0.2, 0.25) is 10.0 Å². The number of anilines is 3. The molecule has 45 heavy (non-hydrogen) atoms. The number of nitrogens with zero attached hydrogens (tertiary/aromatic N) is 6. The molecule has 2 saturated heterocycles. The zero-order valence-corrected chi connectivity index (χ0v) is 26.4. The van der Waals surface area contributed by atoms with Crippen LogP contribution in [-0.2, 0) is 6.54 Å². The lowest BCUT2D eigenvalue weighted by Gasteiger charge is -2.29. The highest BCUT2D eigenvalue weighted by Gasteiger charge is 2.20. The number of rotatable bonds is 7. The molecule has 0 atom stereocenters. The van der Waals surface area contributed by atoms with E-state index in [0.717, 1.165) is 57.1 Å². The molecule has 0 amide bonds. The highest BCUT2D eigenvalue weighted by Crippen LogP contribution is 2.31. The fourth-order valence-corrected chi connectivity index (χ4v) is 6.68. The van der Waals surface area contributed by atoms with Gasteiger partial charge in [0, 0.05) is 55.9 Å². The highest BCUT2D eigenvalue weighted by molar-refractivity contribution is 6.37. The summed E-state index contributed by atoms with van der Waals surface area (Å²) in [5.74, 6) is 0.373. The molecule has 2 aromatic heterocycles. The molecule has 0 radical (unpaired) electrons. The van der Waals surface area contributed by atoms with Crippen LogP contribution in [0.1, 0.15) is 24.8 Å². The number of piperidine rings is 1. The van der Waals surface area contributed by atoms with E-state index in [1.165, 1.54) is 35.2 Å². The van der Waals surface area contributed by atoms with Gasteiger partial charge in [0.25, 0.3) is 5.56 Å². The quantitative estimate of drug-likeness (QED) is 0.215. The molecular formula is C34H34Cl2N8O. The number of piperazine rings is 1. The third-order valence-electron chi connectivity index (χ3n) is 8.45. The Labute approximate surface area is 271 Å². The smallest absolute Gasteiger partial charge is 0.282 e. The van der Waals surface area contributed by atoms with Crippen LogP contribution in [0.5, 0.6) is 0 Å². The first kappa shape index (κ1) is 29.7. The summed E-state index contributed by atoms with van der Waals surface area (Å²) in [6.45, 7) is 6.96. The topological polar surface area (TPSA) is 91.2 Å². The van der Waals surface area contributed by atoms with Crippen LogP contribution in [0, 0.1) is 0 Å². The third-order valence-corrected chi connectivity index (χ3v) is 9.06.